The van der Waals surface area contributed by atoms with E-state index in [1.807, 2.05) is 0 Å². The molecule has 112 valence electrons. The van der Waals surface area contributed by atoms with Crippen LogP contribution in [0.3, 0.4) is 0 Å². The maximum Gasteiger partial charge on any atom is 0.327 e. The van der Waals surface area contributed by atoms with E-state index < -0.39 is 12.0 Å². The van der Waals surface area contributed by atoms with Crippen molar-refractivity contribution in [1.82, 2.24) is 4.57 Å². The Labute approximate surface area is 119 Å². The average molecular weight is 281 g/mol. The van der Waals surface area contributed by atoms with Crippen LogP contribution in [0.1, 0.15) is 46.1 Å². The summed E-state index contributed by atoms with van der Waals surface area (Å²) in [5.74, 6) is -0.971. The zero-order valence-corrected chi connectivity index (χ0v) is 12.3. The standard InChI is InChI=1S/C15H23NO4/c1-4-5-6-10-20-12-8-7-9-16(14(12)17)13(11(2)3)15(18)19/h7-9,11,13H,4-6,10H2,1-3H3,(H,18,19). The molecule has 1 heterocycles. The van der Waals surface area contributed by atoms with Crippen molar-refractivity contribution in [2.45, 2.75) is 46.1 Å². The molecule has 0 aliphatic carbocycles. The van der Waals surface area contributed by atoms with Crippen LogP contribution in [0.25, 0.3) is 0 Å². The highest BCUT2D eigenvalue weighted by Gasteiger charge is 2.25. The normalized spacial score (nSPS) is 12.4. The van der Waals surface area contributed by atoms with Crippen LogP contribution in [0.4, 0.5) is 0 Å². The number of hydrogen-bond donors (Lipinski definition) is 1. The van der Waals surface area contributed by atoms with Crippen LogP contribution in [0.5, 0.6) is 5.75 Å². The van der Waals surface area contributed by atoms with E-state index >= 15 is 0 Å². The highest BCUT2D eigenvalue weighted by Crippen LogP contribution is 2.17. The summed E-state index contributed by atoms with van der Waals surface area (Å²) in [6.07, 6.45) is 4.51. The molecule has 1 aromatic heterocycles. The summed E-state index contributed by atoms with van der Waals surface area (Å²) in [5, 5.41) is 9.26. The summed E-state index contributed by atoms with van der Waals surface area (Å²) in [4.78, 5) is 23.6. The third-order valence-corrected chi connectivity index (χ3v) is 3.13. The number of aliphatic carboxylic acids is 1. The van der Waals surface area contributed by atoms with Gasteiger partial charge in [-0.3, -0.25) is 9.36 Å². The van der Waals surface area contributed by atoms with Crippen molar-refractivity contribution < 1.29 is 14.6 Å². The van der Waals surface area contributed by atoms with Gasteiger partial charge in [-0.1, -0.05) is 33.6 Å². The van der Waals surface area contributed by atoms with Crippen LogP contribution in [-0.2, 0) is 4.79 Å². The first kappa shape index (κ1) is 16.3. The van der Waals surface area contributed by atoms with Gasteiger partial charge in [-0.05, 0) is 24.5 Å². The summed E-state index contributed by atoms with van der Waals surface area (Å²) in [6.45, 7) is 6.13. The Hall–Kier alpha value is -1.78. The van der Waals surface area contributed by atoms with E-state index in [4.69, 9.17) is 4.74 Å². The Morgan fingerprint density at radius 3 is 2.65 bits per heavy atom. The predicted molar refractivity (Wildman–Crippen MR) is 77.2 cm³/mol. The van der Waals surface area contributed by atoms with Gasteiger partial charge in [0, 0.05) is 6.20 Å². The molecule has 1 atom stereocenters. The van der Waals surface area contributed by atoms with Gasteiger partial charge in [0.05, 0.1) is 6.61 Å². The number of ether oxygens (including phenoxy) is 1. The SMILES string of the molecule is CCCCCOc1cccn(C(C(=O)O)C(C)C)c1=O. The topological polar surface area (TPSA) is 68.5 Å². The minimum Gasteiger partial charge on any atom is -0.488 e. The first-order chi connectivity index (χ1) is 9.49. The van der Waals surface area contributed by atoms with Crippen molar-refractivity contribution in [2.75, 3.05) is 6.61 Å². The average Bonchev–Trinajstić information content (AvgIpc) is 2.37. The molecule has 20 heavy (non-hydrogen) atoms. The lowest BCUT2D eigenvalue weighted by Crippen LogP contribution is -2.33. The van der Waals surface area contributed by atoms with Crippen molar-refractivity contribution in [3.05, 3.63) is 28.7 Å². The Kier molecular flexibility index (Phi) is 6.28. The number of unbranched alkanes of at least 4 members (excludes halogenated alkanes) is 2. The predicted octanol–water partition coefficient (Wildman–Crippen LogP) is 2.70. The van der Waals surface area contributed by atoms with Crippen LogP contribution in [0, 0.1) is 5.92 Å². The molecule has 0 aliphatic rings. The highest BCUT2D eigenvalue weighted by atomic mass is 16.5. The molecule has 1 rings (SSSR count). The van der Waals surface area contributed by atoms with E-state index in [9.17, 15) is 14.7 Å². The third kappa shape index (κ3) is 4.11. The lowest BCUT2D eigenvalue weighted by molar-refractivity contribution is -0.142. The summed E-state index contributed by atoms with van der Waals surface area (Å²) in [5.41, 5.74) is -0.384. The molecule has 1 N–H and O–H groups in total. The van der Waals surface area contributed by atoms with E-state index in [1.165, 1.54) is 10.8 Å². The van der Waals surface area contributed by atoms with Crippen LogP contribution in [-0.4, -0.2) is 22.2 Å². The van der Waals surface area contributed by atoms with E-state index in [-0.39, 0.29) is 17.2 Å². The van der Waals surface area contributed by atoms with Gasteiger partial charge in [0.15, 0.2) is 5.75 Å². The molecule has 0 aromatic carbocycles. The second kappa shape index (κ2) is 7.72. The van der Waals surface area contributed by atoms with Gasteiger partial charge in [-0.2, -0.15) is 0 Å². The number of carboxylic acids is 1. The van der Waals surface area contributed by atoms with E-state index in [1.54, 1.807) is 26.0 Å². The van der Waals surface area contributed by atoms with Crippen molar-refractivity contribution >= 4 is 5.97 Å². The summed E-state index contributed by atoms with van der Waals surface area (Å²) in [6, 6.07) is 2.36. The fourth-order valence-electron chi connectivity index (χ4n) is 2.08. The summed E-state index contributed by atoms with van der Waals surface area (Å²) >= 11 is 0. The van der Waals surface area contributed by atoms with Crippen molar-refractivity contribution in [2.24, 2.45) is 5.92 Å². The van der Waals surface area contributed by atoms with Gasteiger partial charge in [-0.15, -0.1) is 0 Å². The Morgan fingerprint density at radius 1 is 1.40 bits per heavy atom. The molecule has 0 saturated heterocycles. The number of carbonyl (C=O) groups is 1. The maximum absolute atomic E-state index is 12.3. The molecule has 0 fully saturated rings. The molecule has 1 unspecified atom stereocenters. The van der Waals surface area contributed by atoms with E-state index in [0.717, 1.165) is 19.3 Å². The van der Waals surface area contributed by atoms with Crippen molar-refractivity contribution in [3.8, 4) is 5.75 Å². The maximum atomic E-state index is 12.3. The molecule has 1 aromatic rings. The molecule has 5 nitrogen and oxygen atoms in total. The lowest BCUT2D eigenvalue weighted by Gasteiger charge is -2.19. The molecule has 5 heteroatoms. The molecular weight excluding hydrogens is 258 g/mol. The number of nitrogens with zero attached hydrogens (tertiary/aromatic N) is 1. The largest absolute Gasteiger partial charge is 0.488 e. The van der Waals surface area contributed by atoms with Crippen LogP contribution in [0.15, 0.2) is 23.1 Å². The van der Waals surface area contributed by atoms with Crippen LogP contribution in [0.2, 0.25) is 0 Å². The number of rotatable bonds is 8. The van der Waals surface area contributed by atoms with Crippen LogP contribution < -0.4 is 10.3 Å². The molecular formula is C15H23NO4. The van der Waals surface area contributed by atoms with E-state index in [0.29, 0.717) is 6.61 Å². The fraction of sp³-hybridized carbons (Fsp3) is 0.600. The zero-order valence-electron chi connectivity index (χ0n) is 12.3. The first-order valence-electron chi connectivity index (χ1n) is 7.05. The molecule has 0 saturated carbocycles. The van der Waals surface area contributed by atoms with Crippen LogP contribution >= 0.6 is 0 Å². The fourth-order valence-corrected chi connectivity index (χ4v) is 2.08. The Bertz CT molecular complexity index is 493. The summed E-state index contributed by atoms with van der Waals surface area (Å²) < 4.78 is 6.70. The molecule has 0 aliphatic heterocycles. The van der Waals surface area contributed by atoms with Gasteiger partial charge in [-0.25, -0.2) is 4.79 Å². The van der Waals surface area contributed by atoms with Gasteiger partial charge in [0.25, 0.3) is 5.56 Å². The number of pyridine rings is 1. The Balaban J connectivity index is 2.94. The smallest absolute Gasteiger partial charge is 0.327 e. The Morgan fingerprint density at radius 2 is 2.10 bits per heavy atom. The first-order valence-corrected chi connectivity index (χ1v) is 7.05. The summed E-state index contributed by atoms with van der Waals surface area (Å²) in [7, 11) is 0. The van der Waals surface area contributed by atoms with Gasteiger partial charge in [0.1, 0.15) is 6.04 Å². The van der Waals surface area contributed by atoms with Gasteiger partial charge in [0.2, 0.25) is 0 Å². The molecule has 0 spiro atoms. The second-order valence-corrected chi connectivity index (χ2v) is 5.17. The number of aromatic nitrogens is 1. The zero-order chi connectivity index (χ0) is 15.1. The monoisotopic (exact) mass is 281 g/mol. The second-order valence-electron chi connectivity index (χ2n) is 5.17. The molecule has 0 amide bonds. The third-order valence-electron chi connectivity index (χ3n) is 3.13. The van der Waals surface area contributed by atoms with Gasteiger partial charge < -0.3 is 9.84 Å². The minimum atomic E-state index is -1.01. The molecule has 0 bridgehead atoms. The lowest BCUT2D eigenvalue weighted by atomic mass is 10.0. The van der Waals surface area contributed by atoms with Crippen molar-refractivity contribution in [3.63, 3.8) is 0 Å². The van der Waals surface area contributed by atoms with Gasteiger partial charge >= 0.3 is 5.97 Å². The number of carboxylic acid groups (broad SMARTS) is 1. The number of hydrogen-bond acceptors (Lipinski definition) is 3. The van der Waals surface area contributed by atoms with Crippen molar-refractivity contribution in [1.29, 1.82) is 0 Å². The highest BCUT2D eigenvalue weighted by molar-refractivity contribution is 5.72. The molecule has 0 radical (unpaired) electrons. The van der Waals surface area contributed by atoms with E-state index in [2.05, 4.69) is 6.92 Å². The minimum absolute atomic E-state index is 0.180. The quantitative estimate of drug-likeness (QED) is 0.744.